The zero-order chi connectivity index (χ0) is 27.7. The Morgan fingerprint density at radius 3 is 2.17 bits per heavy atom. The summed E-state index contributed by atoms with van der Waals surface area (Å²) in [5.74, 6) is 0.818. The van der Waals surface area contributed by atoms with Crippen molar-refractivity contribution in [2.75, 3.05) is 0 Å². The molecule has 0 N–H and O–H groups in total. The first-order chi connectivity index (χ1) is 20.1. The van der Waals surface area contributed by atoms with Crippen molar-refractivity contribution >= 4 is 44.0 Å². The van der Waals surface area contributed by atoms with Gasteiger partial charge in [-0.25, -0.2) is 9.97 Å². The van der Waals surface area contributed by atoms with Gasteiger partial charge < -0.3 is 4.42 Å². The molecule has 0 spiro atoms. The quantitative estimate of drug-likeness (QED) is 0.229. The van der Waals surface area contributed by atoms with E-state index in [-0.39, 0.29) is 0 Å². The summed E-state index contributed by atoms with van der Waals surface area (Å²) in [6.07, 6.45) is 0. The van der Waals surface area contributed by atoms with E-state index in [0.29, 0.717) is 5.71 Å². The molecule has 4 heterocycles. The molecule has 0 unspecified atom stereocenters. The summed E-state index contributed by atoms with van der Waals surface area (Å²) in [6, 6.07) is 35.5. The molecule has 0 fully saturated rings. The fourth-order valence-corrected chi connectivity index (χ4v) is 6.10. The van der Waals surface area contributed by atoms with Gasteiger partial charge in [0.15, 0.2) is 0 Å². The maximum atomic E-state index is 6.59. The fraction of sp³-hybridized carbons (Fsp3) is 0.0833. The Labute approximate surface area is 236 Å². The number of imidazole rings is 1. The summed E-state index contributed by atoms with van der Waals surface area (Å²) >= 11 is 0. The van der Waals surface area contributed by atoms with Crippen molar-refractivity contribution < 1.29 is 4.42 Å². The van der Waals surface area contributed by atoms with Crippen LogP contribution >= 0.6 is 0 Å². The molecule has 8 rings (SSSR count). The predicted molar refractivity (Wildman–Crippen MR) is 167 cm³/mol. The van der Waals surface area contributed by atoms with E-state index in [1.165, 1.54) is 11.1 Å². The highest BCUT2D eigenvalue weighted by molar-refractivity contribution is 6.10. The second kappa shape index (κ2) is 8.86. The molecule has 4 aromatic carbocycles. The molecular formula is C36H26N4O. The maximum absolute atomic E-state index is 6.59. The van der Waals surface area contributed by atoms with Gasteiger partial charge in [-0.05, 0) is 86.5 Å². The highest BCUT2D eigenvalue weighted by Gasteiger charge is 2.22. The van der Waals surface area contributed by atoms with Crippen LogP contribution in [0.15, 0.2) is 108 Å². The molecule has 0 radical (unpaired) electrons. The Hall–Kier alpha value is -5.29. The normalized spacial score (nSPS) is 11.8. The molecule has 0 amide bonds. The van der Waals surface area contributed by atoms with Crippen molar-refractivity contribution in [3.05, 3.63) is 120 Å². The molecule has 5 nitrogen and oxygen atoms in total. The molecular weight excluding hydrogens is 504 g/mol. The number of aryl methyl sites for hydroxylation is 3. The van der Waals surface area contributed by atoms with Gasteiger partial charge in [0, 0.05) is 33.1 Å². The molecule has 5 heteroatoms. The molecule has 4 aromatic heterocycles. The van der Waals surface area contributed by atoms with E-state index in [0.717, 1.165) is 72.3 Å². The Kier molecular flexibility index (Phi) is 5.10. The zero-order valence-corrected chi connectivity index (χ0v) is 23.0. The summed E-state index contributed by atoms with van der Waals surface area (Å²) < 4.78 is 8.82. The van der Waals surface area contributed by atoms with Crippen LogP contribution in [0.3, 0.4) is 0 Å². The largest absolute Gasteiger partial charge is 0.437 e. The van der Waals surface area contributed by atoms with E-state index in [9.17, 15) is 0 Å². The Morgan fingerprint density at radius 1 is 0.585 bits per heavy atom. The lowest BCUT2D eigenvalue weighted by Crippen LogP contribution is -1.98. The molecule has 0 atom stereocenters. The van der Waals surface area contributed by atoms with Gasteiger partial charge in [0.1, 0.15) is 11.4 Å². The minimum absolute atomic E-state index is 0.625. The molecule has 0 aliphatic heterocycles. The monoisotopic (exact) mass is 530 g/mol. The summed E-state index contributed by atoms with van der Waals surface area (Å²) in [4.78, 5) is 15.0. The maximum Gasteiger partial charge on any atom is 0.227 e. The van der Waals surface area contributed by atoms with E-state index >= 15 is 0 Å². The highest BCUT2D eigenvalue weighted by Crippen LogP contribution is 2.39. The third-order valence-electron chi connectivity index (χ3n) is 7.98. The average Bonchev–Trinajstić information content (AvgIpc) is 3.56. The number of furan rings is 1. The second-order valence-corrected chi connectivity index (χ2v) is 10.7. The van der Waals surface area contributed by atoms with Crippen LogP contribution in [0.2, 0.25) is 0 Å². The summed E-state index contributed by atoms with van der Waals surface area (Å²) in [5, 5.41) is 3.07. The van der Waals surface area contributed by atoms with Gasteiger partial charge in [-0.1, -0.05) is 48.5 Å². The molecule has 0 saturated heterocycles. The number of fused-ring (bicyclic) bond motifs is 6. The van der Waals surface area contributed by atoms with Crippen LogP contribution in [0.1, 0.15) is 16.8 Å². The van der Waals surface area contributed by atoms with E-state index in [1.54, 1.807) is 0 Å². The Balaban J connectivity index is 1.43. The SMILES string of the molecule is Cc1ccc2c(ccc3nc(-c4cccc5c4oc4nc(-c6c(C)cccc6C)ccc45)n(-c4ccccc4)c32)n1. The summed E-state index contributed by atoms with van der Waals surface area (Å²) in [6.45, 7) is 6.27. The second-order valence-electron chi connectivity index (χ2n) is 10.7. The van der Waals surface area contributed by atoms with E-state index < -0.39 is 0 Å². The number of hydrogen-bond acceptors (Lipinski definition) is 4. The van der Waals surface area contributed by atoms with Crippen LogP contribution in [0.25, 0.3) is 72.3 Å². The van der Waals surface area contributed by atoms with Gasteiger partial charge in [0.25, 0.3) is 0 Å². The van der Waals surface area contributed by atoms with Gasteiger partial charge in [-0.2, -0.15) is 0 Å². The van der Waals surface area contributed by atoms with Gasteiger partial charge in [-0.15, -0.1) is 0 Å². The number of benzene rings is 4. The average molecular weight is 531 g/mol. The lowest BCUT2D eigenvalue weighted by molar-refractivity contribution is 0.655. The molecule has 41 heavy (non-hydrogen) atoms. The number of para-hydroxylation sites is 2. The Morgan fingerprint density at radius 2 is 1.34 bits per heavy atom. The van der Waals surface area contributed by atoms with E-state index in [1.807, 2.05) is 13.0 Å². The molecule has 0 aliphatic rings. The highest BCUT2D eigenvalue weighted by atomic mass is 16.3. The topological polar surface area (TPSA) is 56.7 Å². The van der Waals surface area contributed by atoms with Crippen molar-refractivity contribution in [3.63, 3.8) is 0 Å². The number of rotatable bonds is 3. The van der Waals surface area contributed by atoms with Gasteiger partial charge in [-0.3, -0.25) is 9.55 Å². The lowest BCUT2D eigenvalue weighted by Gasteiger charge is -2.11. The fourth-order valence-electron chi connectivity index (χ4n) is 6.10. The summed E-state index contributed by atoms with van der Waals surface area (Å²) in [7, 11) is 0. The van der Waals surface area contributed by atoms with Crippen molar-refractivity contribution in [3.8, 4) is 28.3 Å². The van der Waals surface area contributed by atoms with Crippen LogP contribution < -0.4 is 0 Å². The van der Waals surface area contributed by atoms with Crippen molar-refractivity contribution in [2.24, 2.45) is 0 Å². The van der Waals surface area contributed by atoms with Crippen LogP contribution in [-0.2, 0) is 0 Å². The first-order valence-electron chi connectivity index (χ1n) is 13.8. The molecule has 8 aromatic rings. The molecule has 196 valence electrons. The van der Waals surface area contributed by atoms with Crippen LogP contribution in [0.4, 0.5) is 0 Å². The molecule has 0 aliphatic carbocycles. The number of aromatic nitrogens is 4. The predicted octanol–water partition coefficient (Wildman–Crippen LogP) is 9.13. The zero-order valence-electron chi connectivity index (χ0n) is 23.0. The third-order valence-corrected chi connectivity index (χ3v) is 7.98. The molecule has 0 saturated carbocycles. The number of hydrogen-bond donors (Lipinski definition) is 0. The van der Waals surface area contributed by atoms with Gasteiger partial charge >= 0.3 is 0 Å². The smallest absolute Gasteiger partial charge is 0.227 e. The van der Waals surface area contributed by atoms with Crippen molar-refractivity contribution in [1.29, 1.82) is 0 Å². The van der Waals surface area contributed by atoms with Crippen molar-refractivity contribution in [2.45, 2.75) is 20.8 Å². The van der Waals surface area contributed by atoms with Gasteiger partial charge in [0.2, 0.25) is 5.71 Å². The minimum Gasteiger partial charge on any atom is -0.437 e. The third kappa shape index (κ3) is 3.59. The standard InChI is InChI=1S/C36H26N4O/c1-21-9-7-10-22(2)32(21)30-18-17-26-25-13-8-14-28(34(25)41-36(26)39-30)35-38-31-20-19-29-27(16-15-23(3)37-29)33(31)40(35)24-11-5-4-6-12-24/h4-20H,1-3H3. The van der Waals surface area contributed by atoms with Gasteiger partial charge in [0.05, 0.1) is 27.8 Å². The Bertz CT molecular complexity index is 2270. The van der Waals surface area contributed by atoms with E-state index in [4.69, 9.17) is 19.4 Å². The molecule has 0 bridgehead atoms. The number of nitrogens with zero attached hydrogens (tertiary/aromatic N) is 4. The first kappa shape index (κ1) is 23.6. The first-order valence-corrected chi connectivity index (χ1v) is 13.8. The van der Waals surface area contributed by atoms with E-state index in [2.05, 4.69) is 115 Å². The minimum atomic E-state index is 0.625. The number of pyridine rings is 2. The lowest BCUT2D eigenvalue weighted by atomic mass is 9.99. The van der Waals surface area contributed by atoms with Crippen LogP contribution in [0, 0.1) is 20.8 Å². The van der Waals surface area contributed by atoms with Crippen LogP contribution in [0.5, 0.6) is 0 Å². The van der Waals surface area contributed by atoms with Crippen molar-refractivity contribution in [1.82, 2.24) is 19.5 Å². The summed E-state index contributed by atoms with van der Waals surface area (Å²) in [5.41, 5.74) is 11.7. The van der Waals surface area contributed by atoms with Crippen LogP contribution in [-0.4, -0.2) is 19.5 Å².